The van der Waals surface area contributed by atoms with Gasteiger partial charge in [-0.1, -0.05) is 6.92 Å². The average molecular weight is 296 g/mol. The van der Waals surface area contributed by atoms with Gasteiger partial charge < -0.3 is 10.1 Å². The van der Waals surface area contributed by atoms with E-state index in [9.17, 15) is 0 Å². The third-order valence-electron chi connectivity index (χ3n) is 4.02. The van der Waals surface area contributed by atoms with Crippen molar-refractivity contribution < 1.29 is 4.74 Å². The molecule has 0 saturated heterocycles. The highest BCUT2D eigenvalue weighted by Gasteiger charge is 2.31. The first-order chi connectivity index (χ1) is 9.71. The Bertz CT molecular complexity index is 388. The smallest absolute Gasteiger partial charge is 0.0897 e. The van der Waals surface area contributed by atoms with Gasteiger partial charge >= 0.3 is 0 Å². The molecule has 0 aromatic carbocycles. The SMILES string of the molecule is CCCNC(Cc1csc(C)n1)CC1CC(OCC)C1. The monoisotopic (exact) mass is 296 g/mol. The molecule has 2 rings (SSSR count). The van der Waals surface area contributed by atoms with Gasteiger partial charge in [0.25, 0.3) is 0 Å². The van der Waals surface area contributed by atoms with E-state index in [1.54, 1.807) is 11.3 Å². The molecule has 0 spiro atoms. The summed E-state index contributed by atoms with van der Waals surface area (Å²) in [5.74, 6) is 0.834. The number of thiazole rings is 1. The molecule has 114 valence electrons. The highest BCUT2D eigenvalue weighted by Crippen LogP contribution is 2.34. The van der Waals surface area contributed by atoms with Crippen molar-refractivity contribution in [3.05, 3.63) is 16.1 Å². The highest BCUT2D eigenvalue weighted by atomic mass is 32.1. The maximum atomic E-state index is 5.66. The van der Waals surface area contributed by atoms with E-state index in [-0.39, 0.29) is 0 Å². The lowest BCUT2D eigenvalue weighted by Crippen LogP contribution is -2.39. The van der Waals surface area contributed by atoms with E-state index >= 15 is 0 Å². The quantitative estimate of drug-likeness (QED) is 0.756. The Hall–Kier alpha value is -0.450. The fraction of sp³-hybridized carbons (Fsp3) is 0.812. The zero-order valence-electron chi connectivity index (χ0n) is 13.0. The Kier molecular flexibility index (Phi) is 6.46. The predicted molar refractivity (Wildman–Crippen MR) is 85.4 cm³/mol. The molecule has 1 aliphatic carbocycles. The summed E-state index contributed by atoms with van der Waals surface area (Å²) in [6.07, 6.45) is 6.54. The summed E-state index contributed by atoms with van der Waals surface area (Å²) in [6.45, 7) is 8.36. The van der Waals surface area contributed by atoms with Gasteiger partial charge in [-0.3, -0.25) is 0 Å². The minimum atomic E-state index is 0.526. The van der Waals surface area contributed by atoms with E-state index < -0.39 is 0 Å². The fourth-order valence-corrected chi connectivity index (χ4v) is 3.61. The Labute approximate surface area is 127 Å². The van der Waals surface area contributed by atoms with Crippen LogP contribution in [0.3, 0.4) is 0 Å². The van der Waals surface area contributed by atoms with E-state index in [4.69, 9.17) is 4.74 Å². The van der Waals surface area contributed by atoms with Gasteiger partial charge in [-0.2, -0.15) is 0 Å². The summed E-state index contributed by atoms with van der Waals surface area (Å²) in [5.41, 5.74) is 1.25. The molecule has 0 radical (unpaired) electrons. The molecule has 1 N–H and O–H groups in total. The van der Waals surface area contributed by atoms with Crippen molar-refractivity contribution in [1.29, 1.82) is 0 Å². The Balaban J connectivity index is 1.78. The molecule has 4 heteroatoms. The van der Waals surface area contributed by atoms with Gasteiger partial charge in [0.15, 0.2) is 0 Å². The first-order valence-corrected chi connectivity index (χ1v) is 8.85. The summed E-state index contributed by atoms with van der Waals surface area (Å²) in [5, 5.41) is 7.08. The lowest BCUT2D eigenvalue weighted by Gasteiger charge is -2.37. The average Bonchev–Trinajstić information content (AvgIpc) is 2.78. The predicted octanol–water partition coefficient (Wildman–Crippen LogP) is 3.57. The Morgan fingerprint density at radius 2 is 2.25 bits per heavy atom. The Morgan fingerprint density at radius 1 is 1.45 bits per heavy atom. The zero-order valence-corrected chi connectivity index (χ0v) is 13.8. The van der Waals surface area contributed by atoms with Gasteiger partial charge in [-0.05, 0) is 52.0 Å². The molecule has 1 heterocycles. The molecule has 20 heavy (non-hydrogen) atoms. The van der Waals surface area contributed by atoms with Crippen LogP contribution in [0, 0.1) is 12.8 Å². The number of hydrogen-bond acceptors (Lipinski definition) is 4. The fourth-order valence-electron chi connectivity index (χ4n) is 2.98. The topological polar surface area (TPSA) is 34.2 Å². The second kappa shape index (κ2) is 8.11. The van der Waals surface area contributed by atoms with Crippen LogP contribution in [0.1, 0.15) is 50.2 Å². The minimum Gasteiger partial charge on any atom is -0.378 e. The third-order valence-corrected chi connectivity index (χ3v) is 4.84. The lowest BCUT2D eigenvalue weighted by atomic mass is 9.77. The van der Waals surface area contributed by atoms with E-state index in [1.165, 1.54) is 36.4 Å². The molecular weight excluding hydrogens is 268 g/mol. The number of rotatable bonds is 9. The van der Waals surface area contributed by atoms with Crippen LogP contribution in [0.5, 0.6) is 0 Å². The van der Waals surface area contributed by atoms with Crippen molar-refractivity contribution in [2.45, 2.75) is 65.0 Å². The Morgan fingerprint density at radius 3 is 2.85 bits per heavy atom. The summed E-state index contributed by atoms with van der Waals surface area (Å²) in [4.78, 5) is 4.61. The number of ether oxygens (including phenoxy) is 1. The molecule has 0 bridgehead atoms. The highest BCUT2D eigenvalue weighted by molar-refractivity contribution is 7.09. The largest absolute Gasteiger partial charge is 0.378 e. The molecule has 3 nitrogen and oxygen atoms in total. The van der Waals surface area contributed by atoms with Crippen LogP contribution in [0.15, 0.2) is 5.38 Å². The van der Waals surface area contributed by atoms with Crippen molar-refractivity contribution in [3.8, 4) is 0 Å². The van der Waals surface area contributed by atoms with Crippen molar-refractivity contribution in [1.82, 2.24) is 10.3 Å². The first kappa shape index (κ1) is 15.9. The minimum absolute atomic E-state index is 0.526. The number of aromatic nitrogens is 1. The molecule has 1 aromatic heterocycles. The van der Waals surface area contributed by atoms with Crippen molar-refractivity contribution in [2.75, 3.05) is 13.2 Å². The van der Waals surface area contributed by atoms with Crippen molar-refractivity contribution >= 4 is 11.3 Å². The van der Waals surface area contributed by atoms with Crippen LogP contribution in [-0.4, -0.2) is 30.3 Å². The summed E-state index contributed by atoms with van der Waals surface area (Å²) >= 11 is 1.76. The van der Waals surface area contributed by atoms with Gasteiger partial charge in [0.1, 0.15) is 0 Å². The third kappa shape index (κ3) is 4.83. The zero-order chi connectivity index (χ0) is 14.4. The number of nitrogens with zero attached hydrogens (tertiary/aromatic N) is 1. The van der Waals surface area contributed by atoms with E-state index in [0.717, 1.165) is 25.5 Å². The summed E-state index contributed by atoms with van der Waals surface area (Å²) in [6, 6.07) is 0.573. The van der Waals surface area contributed by atoms with Crippen LogP contribution < -0.4 is 5.32 Å². The maximum Gasteiger partial charge on any atom is 0.0897 e. The molecule has 1 saturated carbocycles. The van der Waals surface area contributed by atoms with Crippen molar-refractivity contribution in [3.63, 3.8) is 0 Å². The van der Waals surface area contributed by atoms with E-state index in [0.29, 0.717) is 12.1 Å². The van der Waals surface area contributed by atoms with Gasteiger partial charge in [-0.25, -0.2) is 4.98 Å². The number of aryl methyl sites for hydroxylation is 1. The van der Waals surface area contributed by atoms with Gasteiger partial charge in [0.2, 0.25) is 0 Å². The summed E-state index contributed by atoms with van der Waals surface area (Å²) < 4.78 is 5.66. The van der Waals surface area contributed by atoms with E-state index in [2.05, 4.69) is 36.5 Å². The van der Waals surface area contributed by atoms with Crippen molar-refractivity contribution in [2.24, 2.45) is 5.92 Å². The molecule has 1 fully saturated rings. The van der Waals surface area contributed by atoms with Crippen LogP contribution in [-0.2, 0) is 11.2 Å². The van der Waals surface area contributed by atoms with Crippen LogP contribution in [0.25, 0.3) is 0 Å². The van der Waals surface area contributed by atoms with Crippen LogP contribution in [0.4, 0.5) is 0 Å². The molecule has 1 unspecified atom stereocenters. The van der Waals surface area contributed by atoms with Crippen LogP contribution >= 0.6 is 11.3 Å². The molecule has 0 amide bonds. The molecule has 0 aliphatic heterocycles. The molecule has 1 atom stereocenters. The number of hydrogen-bond donors (Lipinski definition) is 1. The standard InChI is InChI=1S/C16H28N2OS/c1-4-6-17-14(10-15-11-20-12(3)18-15)7-13-8-16(9-13)19-5-2/h11,13-14,16-17H,4-10H2,1-3H3. The number of nitrogens with one attached hydrogen (secondary N) is 1. The normalized spacial score (nSPS) is 23.6. The molecule has 1 aliphatic rings. The van der Waals surface area contributed by atoms with Crippen LogP contribution in [0.2, 0.25) is 0 Å². The second-order valence-electron chi connectivity index (χ2n) is 5.86. The molecular formula is C16H28N2OS. The maximum absolute atomic E-state index is 5.66. The first-order valence-electron chi connectivity index (χ1n) is 7.97. The van der Waals surface area contributed by atoms with Gasteiger partial charge in [0, 0.05) is 24.4 Å². The van der Waals surface area contributed by atoms with Gasteiger partial charge in [0.05, 0.1) is 16.8 Å². The summed E-state index contributed by atoms with van der Waals surface area (Å²) in [7, 11) is 0. The molecule has 1 aromatic rings. The van der Waals surface area contributed by atoms with Gasteiger partial charge in [-0.15, -0.1) is 11.3 Å². The second-order valence-corrected chi connectivity index (χ2v) is 6.93. The van der Waals surface area contributed by atoms with E-state index in [1.807, 2.05) is 0 Å². The lowest BCUT2D eigenvalue weighted by molar-refractivity contribution is -0.0290.